The van der Waals surface area contributed by atoms with Crippen LogP contribution in [-0.4, -0.2) is 63.6 Å². The molecule has 1 saturated carbocycles. The van der Waals surface area contributed by atoms with Crippen molar-refractivity contribution in [3.63, 3.8) is 0 Å². The molecule has 122 valence electrons. The summed E-state index contributed by atoms with van der Waals surface area (Å²) in [4.78, 5) is 2.43. The molecule has 7 heteroatoms. The maximum absolute atomic E-state index is 5.82. The Hall–Kier alpha value is -1.05. The van der Waals surface area contributed by atoms with Gasteiger partial charge < -0.3 is 9.47 Å². The molecule has 0 spiro atoms. The third-order valence-corrected chi connectivity index (χ3v) is 4.79. The molecular weight excluding hydrogens is 282 g/mol. The molecule has 0 radical (unpaired) electrons. The molecule has 3 heterocycles. The Kier molecular flexibility index (Phi) is 4.36. The standard InChI is InChI=1S/C15H25N5O2/c1-3-13(21-7-1)9-19(10-14-4-2-8-22-14)11-15-16-17-18-20(15)12-5-6-12/h12-14H,1-11H2/t13-,14+. The van der Waals surface area contributed by atoms with Crippen LogP contribution in [0.15, 0.2) is 0 Å². The molecule has 0 bridgehead atoms. The Morgan fingerprint density at radius 2 is 1.68 bits per heavy atom. The summed E-state index contributed by atoms with van der Waals surface area (Å²) >= 11 is 0. The van der Waals surface area contributed by atoms with E-state index in [1.54, 1.807) is 0 Å². The smallest absolute Gasteiger partial charge is 0.165 e. The van der Waals surface area contributed by atoms with Crippen LogP contribution in [0, 0.1) is 0 Å². The maximum atomic E-state index is 5.82. The van der Waals surface area contributed by atoms with Gasteiger partial charge in [-0.25, -0.2) is 4.68 Å². The molecular formula is C15H25N5O2. The predicted octanol–water partition coefficient (Wildman–Crippen LogP) is 1.17. The minimum atomic E-state index is 0.353. The van der Waals surface area contributed by atoms with Gasteiger partial charge in [-0.15, -0.1) is 5.10 Å². The number of rotatable bonds is 7. The van der Waals surface area contributed by atoms with Gasteiger partial charge in [0, 0.05) is 26.3 Å². The number of hydrogen-bond donors (Lipinski definition) is 0. The molecule has 22 heavy (non-hydrogen) atoms. The fourth-order valence-electron chi connectivity index (χ4n) is 3.48. The second-order valence-electron chi connectivity index (χ2n) is 6.73. The van der Waals surface area contributed by atoms with Gasteiger partial charge in [-0.2, -0.15) is 0 Å². The van der Waals surface area contributed by atoms with E-state index in [-0.39, 0.29) is 0 Å². The summed E-state index contributed by atoms with van der Waals surface area (Å²) in [7, 11) is 0. The van der Waals surface area contributed by atoms with Crippen LogP contribution in [0.25, 0.3) is 0 Å². The third-order valence-electron chi connectivity index (χ3n) is 4.79. The molecule has 2 saturated heterocycles. The first-order valence-corrected chi connectivity index (χ1v) is 8.61. The molecule has 0 amide bonds. The maximum Gasteiger partial charge on any atom is 0.165 e. The van der Waals surface area contributed by atoms with E-state index in [4.69, 9.17) is 9.47 Å². The lowest BCUT2D eigenvalue weighted by Gasteiger charge is -2.27. The monoisotopic (exact) mass is 307 g/mol. The first-order valence-electron chi connectivity index (χ1n) is 8.61. The lowest BCUT2D eigenvalue weighted by molar-refractivity contribution is 0.0331. The lowest BCUT2D eigenvalue weighted by atomic mass is 10.2. The number of nitrogens with zero attached hydrogens (tertiary/aromatic N) is 5. The van der Waals surface area contributed by atoms with Gasteiger partial charge in [0.1, 0.15) is 0 Å². The molecule has 1 aliphatic carbocycles. The largest absolute Gasteiger partial charge is 0.377 e. The molecule has 0 unspecified atom stereocenters. The highest BCUT2D eigenvalue weighted by molar-refractivity contribution is 4.91. The van der Waals surface area contributed by atoms with Gasteiger partial charge in [0.25, 0.3) is 0 Å². The van der Waals surface area contributed by atoms with Gasteiger partial charge >= 0.3 is 0 Å². The van der Waals surface area contributed by atoms with Crippen molar-refractivity contribution in [3.05, 3.63) is 5.82 Å². The highest BCUT2D eigenvalue weighted by Crippen LogP contribution is 2.34. The predicted molar refractivity (Wildman–Crippen MR) is 79.3 cm³/mol. The van der Waals surface area contributed by atoms with Gasteiger partial charge in [0.2, 0.25) is 0 Å². The van der Waals surface area contributed by atoms with Gasteiger partial charge in [-0.1, -0.05) is 0 Å². The Labute approximate surface area is 130 Å². The zero-order valence-corrected chi connectivity index (χ0v) is 13.1. The van der Waals surface area contributed by atoms with Crippen molar-refractivity contribution in [2.45, 2.75) is 63.3 Å². The molecule has 0 N–H and O–H groups in total. The minimum absolute atomic E-state index is 0.353. The van der Waals surface area contributed by atoms with E-state index in [2.05, 4.69) is 20.4 Å². The van der Waals surface area contributed by atoms with Crippen molar-refractivity contribution in [2.75, 3.05) is 26.3 Å². The van der Waals surface area contributed by atoms with E-state index in [9.17, 15) is 0 Å². The lowest BCUT2D eigenvalue weighted by Crippen LogP contribution is -2.38. The van der Waals surface area contributed by atoms with Crippen LogP contribution in [0.3, 0.4) is 0 Å². The normalized spacial score (nSPS) is 28.8. The summed E-state index contributed by atoms with van der Waals surface area (Å²) in [6, 6.07) is 0.525. The van der Waals surface area contributed by atoms with Crippen LogP contribution in [0.1, 0.15) is 50.4 Å². The van der Waals surface area contributed by atoms with Crippen molar-refractivity contribution < 1.29 is 9.47 Å². The highest BCUT2D eigenvalue weighted by atomic mass is 16.5. The van der Waals surface area contributed by atoms with E-state index in [1.807, 2.05) is 4.68 Å². The SMILES string of the molecule is C1CO[C@@H](CN(Cc2nnnn2C2CC2)C[C@@H]2CCCO2)C1. The van der Waals surface area contributed by atoms with Crippen LogP contribution < -0.4 is 0 Å². The van der Waals surface area contributed by atoms with Crippen LogP contribution in [0.5, 0.6) is 0 Å². The average molecular weight is 307 g/mol. The second kappa shape index (κ2) is 6.60. The zero-order valence-electron chi connectivity index (χ0n) is 13.1. The molecule has 1 aromatic rings. The van der Waals surface area contributed by atoms with Crippen LogP contribution in [0.2, 0.25) is 0 Å². The quantitative estimate of drug-likeness (QED) is 0.753. The van der Waals surface area contributed by atoms with Gasteiger partial charge in [0.15, 0.2) is 5.82 Å². The zero-order chi connectivity index (χ0) is 14.8. The van der Waals surface area contributed by atoms with Gasteiger partial charge in [0.05, 0.1) is 24.8 Å². The first kappa shape index (κ1) is 14.5. The van der Waals surface area contributed by atoms with Crippen LogP contribution >= 0.6 is 0 Å². The molecule has 7 nitrogen and oxygen atoms in total. The van der Waals surface area contributed by atoms with Crippen molar-refractivity contribution >= 4 is 0 Å². The molecule has 4 rings (SSSR count). The van der Waals surface area contributed by atoms with Crippen LogP contribution in [-0.2, 0) is 16.0 Å². The van der Waals surface area contributed by atoms with E-state index >= 15 is 0 Å². The fraction of sp³-hybridized carbons (Fsp3) is 0.933. The Morgan fingerprint density at radius 1 is 1.00 bits per heavy atom. The molecule has 3 fully saturated rings. The average Bonchev–Trinajstić information content (AvgIpc) is 2.97. The summed E-state index contributed by atoms with van der Waals surface area (Å²) < 4.78 is 13.6. The summed E-state index contributed by atoms with van der Waals surface area (Å²) in [5, 5.41) is 12.3. The van der Waals surface area contributed by atoms with E-state index in [0.717, 1.165) is 51.5 Å². The van der Waals surface area contributed by atoms with Crippen molar-refractivity contribution in [1.29, 1.82) is 0 Å². The number of hydrogen-bond acceptors (Lipinski definition) is 6. The number of tetrazole rings is 1. The van der Waals surface area contributed by atoms with Crippen molar-refractivity contribution in [1.82, 2.24) is 25.1 Å². The van der Waals surface area contributed by atoms with E-state index in [1.165, 1.54) is 25.7 Å². The topological polar surface area (TPSA) is 65.3 Å². The summed E-state index contributed by atoms with van der Waals surface area (Å²) in [5.41, 5.74) is 0. The molecule has 2 atom stereocenters. The number of aromatic nitrogens is 4. The fourth-order valence-corrected chi connectivity index (χ4v) is 3.48. The van der Waals surface area contributed by atoms with Gasteiger partial charge in [-0.05, 0) is 49.0 Å². The second-order valence-corrected chi connectivity index (χ2v) is 6.73. The molecule has 2 aliphatic heterocycles. The summed E-state index contributed by atoms with van der Waals surface area (Å²) in [6.45, 7) is 4.51. The van der Waals surface area contributed by atoms with Crippen molar-refractivity contribution in [3.8, 4) is 0 Å². The van der Waals surface area contributed by atoms with Gasteiger partial charge in [-0.3, -0.25) is 4.90 Å². The Balaban J connectivity index is 1.41. The summed E-state index contributed by atoms with van der Waals surface area (Å²) in [5.74, 6) is 0.985. The van der Waals surface area contributed by atoms with Crippen molar-refractivity contribution in [2.24, 2.45) is 0 Å². The molecule has 0 aromatic carbocycles. The molecule has 1 aromatic heterocycles. The third kappa shape index (κ3) is 3.47. The summed E-state index contributed by atoms with van der Waals surface area (Å²) in [6.07, 6.45) is 7.80. The Morgan fingerprint density at radius 3 is 2.23 bits per heavy atom. The van der Waals surface area contributed by atoms with E-state index in [0.29, 0.717) is 18.2 Å². The first-order chi connectivity index (χ1) is 10.9. The highest BCUT2D eigenvalue weighted by Gasteiger charge is 2.30. The number of ether oxygens (including phenoxy) is 2. The molecule has 3 aliphatic rings. The Bertz CT molecular complexity index is 460. The minimum Gasteiger partial charge on any atom is -0.377 e. The van der Waals surface area contributed by atoms with E-state index < -0.39 is 0 Å². The van der Waals surface area contributed by atoms with Crippen LogP contribution in [0.4, 0.5) is 0 Å².